The average molecular weight is 236 g/mol. The van der Waals surface area contributed by atoms with Gasteiger partial charge in [-0.15, -0.1) is 0 Å². The topological polar surface area (TPSA) is 46.5 Å². The van der Waals surface area contributed by atoms with E-state index in [9.17, 15) is 9.90 Å². The van der Waals surface area contributed by atoms with Crippen LogP contribution in [-0.2, 0) is 16.0 Å². The Kier molecular flexibility index (Phi) is 5.16. The lowest BCUT2D eigenvalue weighted by Gasteiger charge is -2.22. The predicted molar refractivity (Wildman–Crippen MR) is 66.6 cm³/mol. The van der Waals surface area contributed by atoms with Gasteiger partial charge in [-0.2, -0.15) is 0 Å². The molecule has 0 aromatic heterocycles. The fraction of sp³-hybridized carbons (Fsp3) is 0.500. The number of rotatable bonds is 6. The number of hydrogen-bond donors (Lipinski definition) is 1. The molecule has 0 spiro atoms. The van der Waals surface area contributed by atoms with Crippen molar-refractivity contribution in [3.63, 3.8) is 0 Å². The minimum absolute atomic E-state index is 0.249. The number of hydrogen-bond acceptors (Lipinski definition) is 3. The second-order valence-corrected chi connectivity index (χ2v) is 4.46. The van der Waals surface area contributed by atoms with Crippen molar-refractivity contribution >= 4 is 5.97 Å². The average Bonchev–Trinajstić information content (AvgIpc) is 2.28. The van der Waals surface area contributed by atoms with Crippen molar-refractivity contribution in [3.8, 4) is 0 Å². The van der Waals surface area contributed by atoms with E-state index in [2.05, 4.69) is 0 Å². The van der Waals surface area contributed by atoms with Gasteiger partial charge in [0.05, 0.1) is 12.2 Å². The third kappa shape index (κ3) is 5.50. The molecule has 0 heterocycles. The second-order valence-electron chi connectivity index (χ2n) is 4.46. The van der Waals surface area contributed by atoms with Crippen LogP contribution < -0.4 is 0 Å². The van der Waals surface area contributed by atoms with Crippen LogP contribution in [0, 0.1) is 0 Å². The fourth-order valence-corrected chi connectivity index (χ4v) is 1.73. The Labute approximate surface area is 102 Å². The highest BCUT2D eigenvalue weighted by atomic mass is 16.5. The number of esters is 1. The molecule has 1 atom stereocenters. The smallest absolute Gasteiger partial charge is 0.305 e. The van der Waals surface area contributed by atoms with E-state index in [1.807, 2.05) is 30.3 Å². The Morgan fingerprint density at radius 1 is 1.35 bits per heavy atom. The molecule has 0 saturated heterocycles. The summed E-state index contributed by atoms with van der Waals surface area (Å²) in [5.74, 6) is -0.249. The first-order chi connectivity index (χ1) is 8.03. The molecule has 1 rings (SSSR count). The molecule has 0 aliphatic heterocycles. The van der Waals surface area contributed by atoms with E-state index < -0.39 is 5.60 Å². The van der Waals surface area contributed by atoms with Crippen molar-refractivity contribution in [2.75, 3.05) is 6.61 Å². The summed E-state index contributed by atoms with van der Waals surface area (Å²) in [5, 5.41) is 10.2. The lowest BCUT2D eigenvalue weighted by atomic mass is 9.92. The van der Waals surface area contributed by atoms with E-state index in [4.69, 9.17) is 4.74 Å². The molecule has 3 nitrogen and oxygen atoms in total. The lowest BCUT2D eigenvalue weighted by molar-refractivity contribution is -0.144. The van der Waals surface area contributed by atoms with Gasteiger partial charge in [-0.25, -0.2) is 0 Å². The van der Waals surface area contributed by atoms with Crippen LogP contribution in [0.2, 0.25) is 0 Å². The van der Waals surface area contributed by atoms with Crippen LogP contribution in [0.1, 0.15) is 32.3 Å². The maximum Gasteiger partial charge on any atom is 0.305 e. The van der Waals surface area contributed by atoms with E-state index in [1.54, 1.807) is 13.8 Å². The number of aliphatic hydroxyl groups is 1. The zero-order chi connectivity index (χ0) is 12.7. The molecule has 17 heavy (non-hydrogen) atoms. The molecule has 0 aliphatic rings. The van der Waals surface area contributed by atoms with E-state index in [-0.39, 0.29) is 12.4 Å². The zero-order valence-electron chi connectivity index (χ0n) is 10.5. The summed E-state index contributed by atoms with van der Waals surface area (Å²) in [6.45, 7) is 3.92. The van der Waals surface area contributed by atoms with Gasteiger partial charge in [0.1, 0.15) is 0 Å². The van der Waals surface area contributed by atoms with Crippen molar-refractivity contribution in [3.05, 3.63) is 35.9 Å². The Morgan fingerprint density at radius 3 is 2.59 bits per heavy atom. The zero-order valence-corrected chi connectivity index (χ0v) is 10.5. The van der Waals surface area contributed by atoms with Gasteiger partial charge < -0.3 is 9.84 Å². The van der Waals surface area contributed by atoms with Gasteiger partial charge in [0.25, 0.3) is 0 Å². The standard InChI is InChI=1S/C14H20O3/c1-3-17-13(15)9-10-14(2,16)11-12-7-5-4-6-8-12/h4-8,16H,3,9-11H2,1-2H3. The number of carbonyl (C=O) groups excluding carboxylic acids is 1. The van der Waals surface area contributed by atoms with Gasteiger partial charge in [-0.1, -0.05) is 30.3 Å². The molecular weight excluding hydrogens is 216 g/mol. The van der Waals surface area contributed by atoms with E-state index in [0.29, 0.717) is 19.4 Å². The van der Waals surface area contributed by atoms with Crippen LogP contribution in [0.5, 0.6) is 0 Å². The van der Waals surface area contributed by atoms with Gasteiger partial charge in [0.2, 0.25) is 0 Å². The normalized spacial score (nSPS) is 14.1. The summed E-state index contributed by atoms with van der Waals surface area (Å²) < 4.78 is 4.84. The van der Waals surface area contributed by atoms with Crippen LogP contribution in [0.15, 0.2) is 30.3 Å². The maximum atomic E-state index is 11.2. The van der Waals surface area contributed by atoms with Crippen molar-refractivity contribution in [1.82, 2.24) is 0 Å². The summed E-state index contributed by atoms with van der Waals surface area (Å²) in [4.78, 5) is 11.2. The molecule has 1 aromatic carbocycles. The summed E-state index contributed by atoms with van der Waals surface area (Å²) in [6.07, 6.45) is 1.22. The minimum atomic E-state index is -0.867. The fourth-order valence-electron chi connectivity index (χ4n) is 1.73. The molecule has 1 N–H and O–H groups in total. The first-order valence-electron chi connectivity index (χ1n) is 5.95. The monoisotopic (exact) mass is 236 g/mol. The Balaban J connectivity index is 2.43. The molecule has 0 aliphatic carbocycles. The number of carbonyl (C=O) groups is 1. The molecule has 1 unspecified atom stereocenters. The van der Waals surface area contributed by atoms with Crippen LogP contribution in [0.4, 0.5) is 0 Å². The third-order valence-electron chi connectivity index (χ3n) is 2.60. The Morgan fingerprint density at radius 2 is 2.00 bits per heavy atom. The van der Waals surface area contributed by atoms with Crippen molar-refractivity contribution in [2.24, 2.45) is 0 Å². The lowest BCUT2D eigenvalue weighted by Crippen LogP contribution is -2.28. The van der Waals surface area contributed by atoms with Crippen molar-refractivity contribution in [1.29, 1.82) is 0 Å². The molecule has 94 valence electrons. The third-order valence-corrected chi connectivity index (χ3v) is 2.60. The summed E-state index contributed by atoms with van der Waals surface area (Å²) in [6, 6.07) is 9.77. The molecule has 1 aromatic rings. The molecular formula is C14H20O3. The second kappa shape index (κ2) is 6.40. The van der Waals surface area contributed by atoms with E-state index in [0.717, 1.165) is 5.56 Å². The van der Waals surface area contributed by atoms with E-state index in [1.165, 1.54) is 0 Å². The highest BCUT2D eigenvalue weighted by Crippen LogP contribution is 2.18. The summed E-state index contributed by atoms with van der Waals surface area (Å²) >= 11 is 0. The van der Waals surface area contributed by atoms with Crippen molar-refractivity contribution in [2.45, 2.75) is 38.7 Å². The van der Waals surface area contributed by atoms with Crippen molar-refractivity contribution < 1.29 is 14.6 Å². The Hall–Kier alpha value is -1.35. The van der Waals surface area contributed by atoms with Crippen LogP contribution >= 0.6 is 0 Å². The highest BCUT2D eigenvalue weighted by molar-refractivity contribution is 5.69. The van der Waals surface area contributed by atoms with Crippen LogP contribution in [0.25, 0.3) is 0 Å². The SMILES string of the molecule is CCOC(=O)CCC(C)(O)Cc1ccccc1. The minimum Gasteiger partial charge on any atom is -0.466 e. The van der Waals surface area contributed by atoms with Gasteiger partial charge in [-0.3, -0.25) is 4.79 Å². The van der Waals surface area contributed by atoms with Crippen LogP contribution in [0.3, 0.4) is 0 Å². The first kappa shape index (κ1) is 13.7. The molecule has 0 amide bonds. The van der Waals surface area contributed by atoms with Gasteiger partial charge in [0.15, 0.2) is 0 Å². The maximum absolute atomic E-state index is 11.2. The molecule has 0 fully saturated rings. The quantitative estimate of drug-likeness (QED) is 0.771. The molecule has 0 radical (unpaired) electrons. The summed E-state index contributed by atoms with van der Waals surface area (Å²) in [7, 11) is 0. The molecule has 0 saturated carbocycles. The van der Waals surface area contributed by atoms with Gasteiger partial charge in [-0.05, 0) is 25.8 Å². The Bertz CT molecular complexity index is 344. The summed E-state index contributed by atoms with van der Waals surface area (Å²) in [5.41, 5.74) is 0.204. The first-order valence-corrected chi connectivity index (χ1v) is 5.95. The van der Waals surface area contributed by atoms with Crippen LogP contribution in [-0.4, -0.2) is 23.3 Å². The number of ether oxygens (including phenoxy) is 1. The van der Waals surface area contributed by atoms with Gasteiger partial charge in [0, 0.05) is 12.8 Å². The van der Waals surface area contributed by atoms with Gasteiger partial charge >= 0.3 is 5.97 Å². The number of benzene rings is 1. The predicted octanol–water partition coefficient (Wildman–Crippen LogP) is 2.32. The molecule has 0 bridgehead atoms. The largest absolute Gasteiger partial charge is 0.466 e. The molecule has 3 heteroatoms. The highest BCUT2D eigenvalue weighted by Gasteiger charge is 2.22. The van der Waals surface area contributed by atoms with E-state index >= 15 is 0 Å².